The number of piperidine rings is 1. The van der Waals surface area contributed by atoms with E-state index in [4.69, 9.17) is 0 Å². The van der Waals surface area contributed by atoms with Gasteiger partial charge < -0.3 is 10.2 Å². The molecule has 5 rings (SSSR count). The summed E-state index contributed by atoms with van der Waals surface area (Å²) < 4.78 is 15.0. The van der Waals surface area contributed by atoms with Crippen LogP contribution in [0.15, 0.2) is 42.5 Å². The summed E-state index contributed by atoms with van der Waals surface area (Å²) in [7, 11) is 0. The van der Waals surface area contributed by atoms with Gasteiger partial charge in [-0.3, -0.25) is 4.79 Å². The Balaban J connectivity index is 1.40. The standard InChI is InChI=1S/C22H21FN2OS/c1-14-19-16(23)6-4-8-18(19)27-20(14)21(26)25-11-9-22(10-12-25)13-24-17-7-3-2-5-15(17)22/h2-8,24H,9-13H2,1H3. The highest BCUT2D eigenvalue weighted by molar-refractivity contribution is 7.21. The van der Waals surface area contributed by atoms with Gasteiger partial charge in [-0.25, -0.2) is 4.39 Å². The molecule has 1 aromatic heterocycles. The second-order valence-electron chi connectivity index (χ2n) is 7.64. The summed E-state index contributed by atoms with van der Waals surface area (Å²) in [4.78, 5) is 15.8. The SMILES string of the molecule is Cc1c(C(=O)N2CCC3(CC2)CNc2ccccc23)sc2cccc(F)c12. The quantitative estimate of drug-likeness (QED) is 0.648. The van der Waals surface area contributed by atoms with Crippen LogP contribution in [-0.4, -0.2) is 30.4 Å². The monoisotopic (exact) mass is 380 g/mol. The molecule has 27 heavy (non-hydrogen) atoms. The van der Waals surface area contributed by atoms with Crippen LogP contribution in [0.2, 0.25) is 0 Å². The van der Waals surface area contributed by atoms with E-state index in [1.165, 1.54) is 28.7 Å². The van der Waals surface area contributed by atoms with Gasteiger partial charge in [0.1, 0.15) is 5.82 Å². The minimum Gasteiger partial charge on any atom is -0.384 e. The lowest BCUT2D eigenvalue weighted by Gasteiger charge is -2.39. The number of hydrogen-bond acceptors (Lipinski definition) is 3. The van der Waals surface area contributed by atoms with Gasteiger partial charge in [-0.05, 0) is 49.1 Å². The molecule has 1 spiro atoms. The summed E-state index contributed by atoms with van der Waals surface area (Å²) >= 11 is 1.41. The first-order valence-corrected chi connectivity index (χ1v) is 10.2. The fourth-order valence-corrected chi connectivity index (χ4v) is 5.84. The summed E-state index contributed by atoms with van der Waals surface area (Å²) in [6.45, 7) is 4.29. The van der Waals surface area contributed by atoms with Gasteiger partial charge in [0.2, 0.25) is 0 Å². The van der Waals surface area contributed by atoms with Crippen LogP contribution in [0.1, 0.15) is 33.6 Å². The Kier molecular flexibility index (Phi) is 3.76. The van der Waals surface area contributed by atoms with Crippen molar-refractivity contribution < 1.29 is 9.18 Å². The molecule has 2 aliphatic rings. The van der Waals surface area contributed by atoms with Crippen LogP contribution in [0, 0.1) is 12.7 Å². The number of benzene rings is 2. The Bertz CT molecular complexity index is 1050. The number of nitrogens with zero attached hydrogens (tertiary/aromatic N) is 1. The van der Waals surface area contributed by atoms with Gasteiger partial charge in [0.15, 0.2) is 0 Å². The summed E-state index contributed by atoms with van der Waals surface area (Å²) in [5.74, 6) is -0.200. The van der Waals surface area contributed by atoms with E-state index >= 15 is 0 Å². The fourth-order valence-electron chi connectivity index (χ4n) is 4.64. The van der Waals surface area contributed by atoms with Crippen molar-refractivity contribution in [2.24, 2.45) is 0 Å². The van der Waals surface area contributed by atoms with Crippen molar-refractivity contribution >= 4 is 33.0 Å². The number of aryl methyl sites for hydroxylation is 1. The van der Waals surface area contributed by atoms with Crippen LogP contribution >= 0.6 is 11.3 Å². The Morgan fingerprint density at radius 3 is 2.70 bits per heavy atom. The third kappa shape index (κ3) is 2.48. The molecule has 0 radical (unpaired) electrons. The molecular formula is C22H21FN2OS. The van der Waals surface area contributed by atoms with E-state index in [-0.39, 0.29) is 17.1 Å². The number of amides is 1. The molecule has 0 aliphatic carbocycles. The largest absolute Gasteiger partial charge is 0.384 e. The molecule has 2 aromatic carbocycles. The number of hydrogen-bond donors (Lipinski definition) is 1. The molecule has 5 heteroatoms. The topological polar surface area (TPSA) is 32.3 Å². The number of anilines is 1. The lowest BCUT2D eigenvalue weighted by atomic mass is 9.74. The smallest absolute Gasteiger partial charge is 0.264 e. The van der Waals surface area contributed by atoms with E-state index in [1.54, 1.807) is 6.07 Å². The van der Waals surface area contributed by atoms with Crippen LogP contribution in [0.4, 0.5) is 10.1 Å². The molecule has 138 valence electrons. The third-order valence-electron chi connectivity index (χ3n) is 6.22. The zero-order valence-electron chi connectivity index (χ0n) is 15.2. The number of carbonyl (C=O) groups excluding carboxylic acids is 1. The molecule has 3 heterocycles. The van der Waals surface area contributed by atoms with Crippen LogP contribution < -0.4 is 5.32 Å². The van der Waals surface area contributed by atoms with Crippen molar-refractivity contribution in [1.82, 2.24) is 4.90 Å². The molecule has 0 unspecified atom stereocenters. The normalized spacial score (nSPS) is 17.9. The minimum absolute atomic E-state index is 0.0437. The first kappa shape index (κ1) is 16.8. The van der Waals surface area contributed by atoms with Crippen molar-refractivity contribution in [2.75, 3.05) is 25.0 Å². The van der Waals surface area contributed by atoms with Gasteiger partial charge in [0.25, 0.3) is 5.91 Å². The third-order valence-corrected chi connectivity index (χ3v) is 7.47. The molecule has 1 fully saturated rings. The second kappa shape index (κ2) is 6.06. The van der Waals surface area contributed by atoms with E-state index in [2.05, 4.69) is 29.6 Å². The predicted molar refractivity (Wildman–Crippen MR) is 108 cm³/mol. The Hall–Kier alpha value is -2.40. The molecule has 0 atom stereocenters. The van der Waals surface area contributed by atoms with Gasteiger partial charge in [0, 0.05) is 40.8 Å². The van der Waals surface area contributed by atoms with E-state index in [0.717, 1.165) is 42.7 Å². The Labute approximate surface area is 161 Å². The van der Waals surface area contributed by atoms with Crippen molar-refractivity contribution in [3.05, 3.63) is 64.3 Å². The van der Waals surface area contributed by atoms with Gasteiger partial charge >= 0.3 is 0 Å². The van der Waals surface area contributed by atoms with E-state index < -0.39 is 0 Å². The van der Waals surface area contributed by atoms with Gasteiger partial charge in [0.05, 0.1) is 4.88 Å². The zero-order valence-corrected chi connectivity index (χ0v) is 16.0. The van der Waals surface area contributed by atoms with Gasteiger partial charge in [-0.2, -0.15) is 0 Å². The lowest BCUT2D eigenvalue weighted by molar-refractivity contribution is 0.0680. The number of rotatable bonds is 1. The highest BCUT2D eigenvalue weighted by Crippen LogP contribution is 2.44. The molecular weight excluding hydrogens is 359 g/mol. The van der Waals surface area contributed by atoms with Crippen LogP contribution in [-0.2, 0) is 5.41 Å². The molecule has 3 aromatic rings. The van der Waals surface area contributed by atoms with E-state index in [9.17, 15) is 9.18 Å². The number of carbonyl (C=O) groups is 1. The first-order chi connectivity index (χ1) is 13.1. The molecule has 2 aliphatic heterocycles. The number of fused-ring (bicyclic) bond motifs is 3. The van der Waals surface area contributed by atoms with Crippen molar-refractivity contribution in [3.8, 4) is 0 Å². The van der Waals surface area contributed by atoms with E-state index in [1.807, 2.05) is 17.9 Å². The Morgan fingerprint density at radius 1 is 1.15 bits per heavy atom. The number of nitrogens with one attached hydrogen (secondary N) is 1. The van der Waals surface area contributed by atoms with Gasteiger partial charge in [-0.1, -0.05) is 24.3 Å². The average molecular weight is 380 g/mol. The zero-order chi connectivity index (χ0) is 18.6. The predicted octanol–water partition coefficient (Wildman–Crippen LogP) is 4.95. The molecule has 3 nitrogen and oxygen atoms in total. The number of thiophene rings is 1. The van der Waals surface area contributed by atoms with Crippen LogP contribution in [0.3, 0.4) is 0 Å². The first-order valence-electron chi connectivity index (χ1n) is 9.39. The summed E-state index contributed by atoms with van der Waals surface area (Å²) in [5, 5.41) is 4.12. The highest BCUT2D eigenvalue weighted by atomic mass is 32.1. The summed E-state index contributed by atoms with van der Waals surface area (Å²) in [6.07, 6.45) is 1.92. The maximum Gasteiger partial charge on any atom is 0.264 e. The number of likely N-dealkylation sites (tertiary alicyclic amines) is 1. The van der Waals surface area contributed by atoms with Crippen molar-refractivity contribution in [2.45, 2.75) is 25.2 Å². The van der Waals surface area contributed by atoms with Crippen LogP contribution in [0.5, 0.6) is 0 Å². The van der Waals surface area contributed by atoms with Crippen molar-refractivity contribution in [3.63, 3.8) is 0 Å². The lowest BCUT2D eigenvalue weighted by Crippen LogP contribution is -2.46. The maximum absolute atomic E-state index is 14.2. The number of para-hydroxylation sites is 1. The maximum atomic E-state index is 14.2. The fraction of sp³-hybridized carbons (Fsp3) is 0.318. The molecule has 0 bridgehead atoms. The summed E-state index contributed by atoms with van der Waals surface area (Å²) in [5.41, 5.74) is 3.52. The Morgan fingerprint density at radius 2 is 1.93 bits per heavy atom. The van der Waals surface area contributed by atoms with Crippen LogP contribution in [0.25, 0.3) is 10.1 Å². The highest BCUT2D eigenvalue weighted by Gasteiger charge is 2.42. The van der Waals surface area contributed by atoms with Gasteiger partial charge in [-0.15, -0.1) is 11.3 Å². The van der Waals surface area contributed by atoms with Crippen molar-refractivity contribution in [1.29, 1.82) is 0 Å². The molecule has 0 saturated carbocycles. The summed E-state index contributed by atoms with van der Waals surface area (Å²) in [6, 6.07) is 13.6. The number of halogens is 1. The van der Waals surface area contributed by atoms with E-state index in [0.29, 0.717) is 10.3 Å². The molecule has 1 saturated heterocycles. The molecule has 1 amide bonds. The second-order valence-corrected chi connectivity index (χ2v) is 8.69. The average Bonchev–Trinajstić information content (AvgIpc) is 3.22. The minimum atomic E-state index is -0.244. The molecule has 1 N–H and O–H groups in total.